The van der Waals surface area contributed by atoms with E-state index in [2.05, 4.69) is 26.3 Å². The molecule has 5 nitrogen and oxygen atoms in total. The number of amides is 1. The van der Waals surface area contributed by atoms with Crippen molar-refractivity contribution >= 4 is 11.7 Å². The van der Waals surface area contributed by atoms with Crippen LogP contribution in [0, 0.1) is 5.92 Å². The molecular formula is C18H28N4O. The Hall–Kier alpha value is -1.65. The summed E-state index contributed by atoms with van der Waals surface area (Å²) in [7, 11) is 0. The molecule has 1 aliphatic heterocycles. The zero-order valence-electron chi connectivity index (χ0n) is 14.5. The van der Waals surface area contributed by atoms with Crippen molar-refractivity contribution in [2.24, 2.45) is 5.92 Å². The molecule has 1 saturated heterocycles. The van der Waals surface area contributed by atoms with Gasteiger partial charge in [0.15, 0.2) is 0 Å². The largest absolute Gasteiger partial charge is 0.356 e. The maximum Gasteiger partial charge on any atom is 0.225 e. The Morgan fingerprint density at radius 2 is 2.00 bits per heavy atom. The highest BCUT2D eigenvalue weighted by atomic mass is 16.2. The highest BCUT2D eigenvalue weighted by Crippen LogP contribution is 2.36. The third-order valence-electron chi connectivity index (χ3n) is 4.81. The molecule has 1 aromatic heterocycles. The fourth-order valence-corrected chi connectivity index (χ4v) is 3.33. The molecule has 0 spiro atoms. The van der Waals surface area contributed by atoms with Gasteiger partial charge in [0.05, 0.1) is 5.92 Å². The number of carbonyl (C=O) groups excluding carboxylic acids is 1. The van der Waals surface area contributed by atoms with Gasteiger partial charge < -0.3 is 10.2 Å². The van der Waals surface area contributed by atoms with E-state index in [0.717, 1.165) is 31.7 Å². The molecule has 0 aromatic carbocycles. The van der Waals surface area contributed by atoms with E-state index >= 15 is 0 Å². The van der Waals surface area contributed by atoms with Crippen LogP contribution >= 0.6 is 0 Å². The van der Waals surface area contributed by atoms with Gasteiger partial charge in [-0.2, -0.15) is 0 Å². The van der Waals surface area contributed by atoms with Crippen molar-refractivity contribution in [1.82, 2.24) is 15.3 Å². The third-order valence-corrected chi connectivity index (χ3v) is 4.81. The van der Waals surface area contributed by atoms with Crippen LogP contribution in [-0.2, 0) is 4.79 Å². The highest BCUT2D eigenvalue weighted by Gasteiger charge is 2.29. The molecule has 1 unspecified atom stereocenters. The first-order chi connectivity index (χ1) is 10.9. The lowest BCUT2D eigenvalue weighted by atomic mass is 9.83. The molecule has 1 saturated carbocycles. The molecule has 126 valence electrons. The molecule has 1 N–H and O–H groups in total. The van der Waals surface area contributed by atoms with Gasteiger partial charge in [0.25, 0.3) is 0 Å². The van der Waals surface area contributed by atoms with E-state index in [1.54, 1.807) is 6.33 Å². The van der Waals surface area contributed by atoms with E-state index < -0.39 is 0 Å². The molecule has 0 bridgehead atoms. The predicted molar refractivity (Wildman–Crippen MR) is 91.5 cm³/mol. The molecule has 3 rings (SSSR count). The van der Waals surface area contributed by atoms with Gasteiger partial charge in [-0.1, -0.05) is 6.42 Å². The molecule has 5 heteroatoms. The summed E-state index contributed by atoms with van der Waals surface area (Å²) in [6.45, 7) is 7.81. The van der Waals surface area contributed by atoms with Gasteiger partial charge in [-0.15, -0.1) is 0 Å². The summed E-state index contributed by atoms with van der Waals surface area (Å²) >= 11 is 0. The Kier molecular flexibility index (Phi) is 4.55. The lowest BCUT2D eigenvalue weighted by molar-refractivity contribution is -0.126. The van der Waals surface area contributed by atoms with Gasteiger partial charge in [-0.3, -0.25) is 4.79 Å². The number of hydrogen-bond acceptors (Lipinski definition) is 4. The standard InChI is InChI=1S/C18H28N4O/c1-18(2,3)21-17(23)14-8-5-9-22(11-14)16-10-15(19-12-20-16)13-6-4-7-13/h10,12-14H,4-9,11H2,1-3H3,(H,21,23). The van der Waals surface area contributed by atoms with Crippen molar-refractivity contribution in [3.8, 4) is 0 Å². The lowest BCUT2D eigenvalue weighted by Gasteiger charge is -2.35. The third kappa shape index (κ3) is 4.01. The summed E-state index contributed by atoms with van der Waals surface area (Å²) in [6, 6.07) is 2.13. The fourth-order valence-electron chi connectivity index (χ4n) is 3.33. The van der Waals surface area contributed by atoms with E-state index in [1.165, 1.54) is 25.0 Å². The molecule has 1 aromatic rings. The Bertz CT molecular complexity index is 562. The number of aromatic nitrogens is 2. The van der Waals surface area contributed by atoms with Crippen molar-refractivity contribution in [3.05, 3.63) is 18.1 Å². The van der Waals surface area contributed by atoms with Crippen LogP contribution in [0.5, 0.6) is 0 Å². The van der Waals surface area contributed by atoms with Crippen LogP contribution in [0.4, 0.5) is 5.82 Å². The van der Waals surface area contributed by atoms with E-state index in [1.807, 2.05) is 20.8 Å². The summed E-state index contributed by atoms with van der Waals surface area (Å²) in [5.41, 5.74) is 0.994. The summed E-state index contributed by atoms with van der Waals surface area (Å²) in [5, 5.41) is 3.11. The van der Waals surface area contributed by atoms with E-state index in [9.17, 15) is 4.79 Å². The smallest absolute Gasteiger partial charge is 0.225 e. The fraction of sp³-hybridized carbons (Fsp3) is 0.722. The predicted octanol–water partition coefficient (Wildman–Crippen LogP) is 2.88. The average Bonchev–Trinajstić information content (AvgIpc) is 2.44. The van der Waals surface area contributed by atoms with Gasteiger partial charge >= 0.3 is 0 Å². The monoisotopic (exact) mass is 316 g/mol. The van der Waals surface area contributed by atoms with E-state index in [4.69, 9.17) is 0 Å². The van der Waals surface area contributed by atoms with Crippen LogP contribution < -0.4 is 10.2 Å². The lowest BCUT2D eigenvalue weighted by Crippen LogP contribution is -2.48. The van der Waals surface area contributed by atoms with Crippen LogP contribution in [0.25, 0.3) is 0 Å². The van der Waals surface area contributed by atoms with Crippen LogP contribution in [0.3, 0.4) is 0 Å². The van der Waals surface area contributed by atoms with Crippen molar-refractivity contribution < 1.29 is 4.79 Å². The van der Waals surface area contributed by atoms with Crippen LogP contribution in [0.1, 0.15) is 64.5 Å². The first kappa shape index (κ1) is 16.2. The van der Waals surface area contributed by atoms with Gasteiger partial charge in [-0.25, -0.2) is 9.97 Å². The van der Waals surface area contributed by atoms with E-state index in [-0.39, 0.29) is 17.4 Å². The number of anilines is 1. The molecule has 1 atom stereocenters. The van der Waals surface area contributed by atoms with Crippen molar-refractivity contribution in [3.63, 3.8) is 0 Å². The quantitative estimate of drug-likeness (QED) is 0.931. The van der Waals surface area contributed by atoms with Crippen LogP contribution in [-0.4, -0.2) is 34.5 Å². The number of nitrogens with zero attached hydrogens (tertiary/aromatic N) is 3. The van der Waals surface area contributed by atoms with Gasteiger partial charge in [-0.05, 0) is 46.5 Å². The summed E-state index contributed by atoms with van der Waals surface area (Å²) in [6.07, 6.45) is 7.47. The van der Waals surface area contributed by atoms with Crippen molar-refractivity contribution in [2.45, 2.75) is 64.3 Å². The minimum atomic E-state index is -0.175. The highest BCUT2D eigenvalue weighted by molar-refractivity contribution is 5.80. The molecule has 2 fully saturated rings. The summed E-state index contributed by atoms with van der Waals surface area (Å²) < 4.78 is 0. The second-order valence-corrected chi connectivity index (χ2v) is 7.95. The molecule has 1 amide bonds. The second kappa shape index (κ2) is 6.46. The first-order valence-electron chi connectivity index (χ1n) is 8.81. The molecule has 2 heterocycles. The Morgan fingerprint density at radius 1 is 1.22 bits per heavy atom. The minimum absolute atomic E-state index is 0.0464. The normalized spacial score (nSPS) is 22.6. The Balaban J connectivity index is 1.67. The molecule has 23 heavy (non-hydrogen) atoms. The van der Waals surface area contributed by atoms with Gasteiger partial charge in [0.2, 0.25) is 5.91 Å². The molecule has 1 aliphatic carbocycles. The maximum atomic E-state index is 12.5. The first-order valence-corrected chi connectivity index (χ1v) is 8.81. The van der Waals surface area contributed by atoms with E-state index in [0.29, 0.717) is 5.92 Å². The number of rotatable bonds is 3. The maximum absolute atomic E-state index is 12.5. The van der Waals surface area contributed by atoms with Crippen molar-refractivity contribution in [1.29, 1.82) is 0 Å². The number of hydrogen-bond donors (Lipinski definition) is 1. The summed E-state index contributed by atoms with van der Waals surface area (Å²) in [4.78, 5) is 23.6. The zero-order chi connectivity index (χ0) is 16.4. The number of nitrogens with one attached hydrogen (secondary N) is 1. The SMILES string of the molecule is CC(C)(C)NC(=O)C1CCCN(c2cc(C3CCC3)ncn2)C1. The zero-order valence-corrected chi connectivity index (χ0v) is 14.5. The minimum Gasteiger partial charge on any atom is -0.356 e. The second-order valence-electron chi connectivity index (χ2n) is 7.95. The van der Waals surface area contributed by atoms with Crippen molar-refractivity contribution in [2.75, 3.05) is 18.0 Å². The van der Waals surface area contributed by atoms with Crippen LogP contribution in [0.2, 0.25) is 0 Å². The Labute approximate surface area is 138 Å². The number of piperidine rings is 1. The van der Waals surface area contributed by atoms with Crippen LogP contribution in [0.15, 0.2) is 12.4 Å². The molecule has 2 aliphatic rings. The summed E-state index contributed by atoms with van der Waals surface area (Å²) in [5.74, 6) is 1.80. The number of carbonyl (C=O) groups is 1. The average molecular weight is 316 g/mol. The molecular weight excluding hydrogens is 288 g/mol. The van der Waals surface area contributed by atoms with Gasteiger partial charge in [0.1, 0.15) is 12.1 Å². The molecule has 0 radical (unpaired) electrons. The Morgan fingerprint density at radius 3 is 2.65 bits per heavy atom. The topological polar surface area (TPSA) is 58.1 Å². The van der Waals surface area contributed by atoms with Gasteiger partial charge in [0, 0.05) is 36.3 Å².